The molecule has 7 nitrogen and oxygen atoms in total. The smallest absolute Gasteiger partial charge is 0.231 e. The van der Waals surface area contributed by atoms with Crippen molar-refractivity contribution in [3.8, 4) is 17.2 Å². The number of hydrogen-bond donors (Lipinski definition) is 2. The Bertz CT molecular complexity index is 900. The monoisotopic (exact) mass is 350 g/mol. The van der Waals surface area contributed by atoms with Crippen molar-refractivity contribution in [1.29, 1.82) is 0 Å². The molecule has 132 valence electrons. The van der Waals surface area contributed by atoms with Crippen LogP contribution in [0.25, 0.3) is 0 Å². The maximum atomic E-state index is 5.40. The van der Waals surface area contributed by atoms with Crippen LogP contribution in [-0.4, -0.2) is 23.9 Å². The van der Waals surface area contributed by atoms with Crippen LogP contribution in [0.3, 0.4) is 0 Å². The van der Waals surface area contributed by atoms with Gasteiger partial charge in [-0.3, -0.25) is 0 Å². The lowest BCUT2D eigenvalue weighted by atomic mass is 10.2. The summed E-state index contributed by atoms with van der Waals surface area (Å²) in [5, 5.41) is 6.46. The molecular weight excluding hydrogens is 332 g/mol. The Morgan fingerprint density at radius 2 is 1.88 bits per heavy atom. The molecule has 0 amide bonds. The zero-order valence-electron chi connectivity index (χ0n) is 14.2. The molecule has 26 heavy (non-hydrogen) atoms. The Hall–Kier alpha value is -3.48. The van der Waals surface area contributed by atoms with Crippen molar-refractivity contribution in [3.63, 3.8) is 0 Å². The summed E-state index contributed by atoms with van der Waals surface area (Å²) in [6.07, 6.45) is 1.71. The van der Waals surface area contributed by atoms with Crippen molar-refractivity contribution in [1.82, 2.24) is 9.97 Å². The van der Waals surface area contributed by atoms with E-state index in [4.69, 9.17) is 14.2 Å². The van der Waals surface area contributed by atoms with Crippen LogP contribution < -0.4 is 24.8 Å². The van der Waals surface area contributed by atoms with E-state index in [1.807, 2.05) is 48.5 Å². The molecule has 0 aliphatic carbocycles. The predicted octanol–water partition coefficient (Wildman–Crippen LogP) is 3.57. The number of nitrogens with one attached hydrogen (secondary N) is 2. The fraction of sp³-hybridized carbons (Fsp3) is 0.158. The van der Waals surface area contributed by atoms with Gasteiger partial charge < -0.3 is 24.8 Å². The molecule has 2 N–H and O–H groups in total. The average molecular weight is 350 g/mol. The van der Waals surface area contributed by atoms with Gasteiger partial charge >= 0.3 is 0 Å². The third-order valence-electron chi connectivity index (χ3n) is 3.91. The highest BCUT2D eigenvalue weighted by molar-refractivity contribution is 5.56. The van der Waals surface area contributed by atoms with Crippen LogP contribution >= 0.6 is 0 Å². The first-order chi connectivity index (χ1) is 12.8. The van der Waals surface area contributed by atoms with E-state index in [-0.39, 0.29) is 6.79 Å². The fourth-order valence-corrected chi connectivity index (χ4v) is 2.56. The van der Waals surface area contributed by atoms with Crippen LogP contribution in [-0.2, 0) is 6.54 Å². The number of ether oxygens (including phenoxy) is 3. The summed E-state index contributed by atoms with van der Waals surface area (Å²) in [5.74, 6) is 3.60. The lowest BCUT2D eigenvalue weighted by Crippen LogP contribution is -2.04. The van der Waals surface area contributed by atoms with Crippen LogP contribution in [0.2, 0.25) is 0 Å². The molecule has 0 radical (unpaired) electrons. The molecule has 0 fully saturated rings. The van der Waals surface area contributed by atoms with Crippen molar-refractivity contribution < 1.29 is 14.2 Å². The summed E-state index contributed by atoms with van der Waals surface area (Å²) in [6.45, 7) is 0.897. The normalized spacial score (nSPS) is 11.9. The van der Waals surface area contributed by atoms with E-state index in [9.17, 15) is 0 Å². The summed E-state index contributed by atoms with van der Waals surface area (Å²) in [7, 11) is 1.64. The Morgan fingerprint density at radius 1 is 1.04 bits per heavy atom. The number of methoxy groups -OCH3 is 1. The minimum atomic E-state index is 0.276. The summed E-state index contributed by atoms with van der Waals surface area (Å²) < 4.78 is 15.9. The molecule has 4 rings (SSSR count). The van der Waals surface area contributed by atoms with Gasteiger partial charge in [-0.25, -0.2) is 4.98 Å². The molecule has 0 saturated heterocycles. The van der Waals surface area contributed by atoms with Gasteiger partial charge in [-0.05, 0) is 48.0 Å². The summed E-state index contributed by atoms with van der Waals surface area (Å²) in [4.78, 5) is 8.73. The molecule has 2 aromatic carbocycles. The van der Waals surface area contributed by atoms with E-state index in [0.29, 0.717) is 12.5 Å². The first-order valence-electron chi connectivity index (χ1n) is 8.17. The highest BCUT2D eigenvalue weighted by Crippen LogP contribution is 2.32. The van der Waals surface area contributed by atoms with E-state index in [1.54, 1.807) is 13.3 Å². The summed E-state index contributed by atoms with van der Waals surface area (Å²) >= 11 is 0. The average Bonchev–Trinajstić information content (AvgIpc) is 3.15. The Balaban J connectivity index is 1.40. The van der Waals surface area contributed by atoms with Crippen molar-refractivity contribution >= 4 is 17.5 Å². The minimum absolute atomic E-state index is 0.276. The molecule has 3 aromatic rings. The van der Waals surface area contributed by atoms with Gasteiger partial charge in [0.15, 0.2) is 11.5 Å². The van der Waals surface area contributed by atoms with E-state index in [1.165, 1.54) is 0 Å². The van der Waals surface area contributed by atoms with Gasteiger partial charge in [0.25, 0.3) is 0 Å². The first-order valence-corrected chi connectivity index (χ1v) is 8.17. The highest BCUT2D eigenvalue weighted by atomic mass is 16.7. The number of fused-ring (bicyclic) bond motifs is 1. The molecule has 1 aliphatic heterocycles. The zero-order chi connectivity index (χ0) is 17.8. The van der Waals surface area contributed by atoms with Crippen LogP contribution in [0.1, 0.15) is 5.56 Å². The second-order valence-corrected chi connectivity index (χ2v) is 5.66. The van der Waals surface area contributed by atoms with E-state index < -0.39 is 0 Å². The largest absolute Gasteiger partial charge is 0.497 e. The molecule has 7 heteroatoms. The van der Waals surface area contributed by atoms with Crippen LogP contribution in [0, 0.1) is 0 Å². The number of aromatic nitrogens is 2. The third-order valence-corrected chi connectivity index (χ3v) is 3.91. The summed E-state index contributed by atoms with van der Waals surface area (Å²) in [5.41, 5.74) is 1.97. The number of nitrogens with zero attached hydrogens (tertiary/aromatic N) is 2. The number of rotatable bonds is 6. The van der Waals surface area contributed by atoms with Gasteiger partial charge in [0, 0.05) is 18.4 Å². The molecule has 2 heterocycles. The molecule has 0 bridgehead atoms. The Labute approximate surface area is 151 Å². The zero-order valence-corrected chi connectivity index (χ0v) is 14.2. The molecule has 0 spiro atoms. The van der Waals surface area contributed by atoms with Gasteiger partial charge in [-0.2, -0.15) is 4.98 Å². The van der Waals surface area contributed by atoms with Crippen molar-refractivity contribution in [2.75, 3.05) is 24.5 Å². The first kappa shape index (κ1) is 16.0. The lowest BCUT2D eigenvalue weighted by molar-refractivity contribution is 0.174. The van der Waals surface area contributed by atoms with Crippen molar-refractivity contribution in [2.45, 2.75) is 6.54 Å². The van der Waals surface area contributed by atoms with Gasteiger partial charge in [0.2, 0.25) is 12.7 Å². The third kappa shape index (κ3) is 3.61. The quantitative estimate of drug-likeness (QED) is 0.704. The van der Waals surface area contributed by atoms with Crippen molar-refractivity contribution in [3.05, 3.63) is 60.3 Å². The van der Waals surface area contributed by atoms with Gasteiger partial charge in [-0.15, -0.1) is 0 Å². The lowest BCUT2D eigenvalue weighted by Gasteiger charge is -2.09. The number of anilines is 3. The number of benzene rings is 2. The van der Waals surface area contributed by atoms with E-state index in [2.05, 4.69) is 20.6 Å². The van der Waals surface area contributed by atoms with Gasteiger partial charge in [0.05, 0.1) is 7.11 Å². The summed E-state index contributed by atoms with van der Waals surface area (Å²) in [6, 6.07) is 15.3. The van der Waals surface area contributed by atoms with Crippen LogP contribution in [0.4, 0.5) is 17.5 Å². The SMILES string of the molecule is COc1ccc(Nc2nccc(NCc3ccc4c(c3)OCO4)n2)cc1. The standard InChI is InChI=1S/C19H18N4O3/c1-24-15-5-3-14(4-6-15)22-19-20-9-8-18(23-19)21-11-13-2-7-16-17(10-13)26-12-25-16/h2-10H,11-12H2,1H3,(H2,20,21,22,23). The molecular formula is C19H18N4O3. The fourth-order valence-electron chi connectivity index (χ4n) is 2.56. The molecule has 0 saturated carbocycles. The van der Waals surface area contributed by atoms with Gasteiger partial charge in [-0.1, -0.05) is 6.07 Å². The predicted molar refractivity (Wildman–Crippen MR) is 98.2 cm³/mol. The Kier molecular flexibility index (Phi) is 4.42. The second kappa shape index (κ2) is 7.18. The van der Waals surface area contributed by atoms with Crippen LogP contribution in [0.5, 0.6) is 17.2 Å². The maximum absolute atomic E-state index is 5.40. The minimum Gasteiger partial charge on any atom is -0.497 e. The Morgan fingerprint density at radius 3 is 2.73 bits per heavy atom. The van der Waals surface area contributed by atoms with Crippen LogP contribution in [0.15, 0.2) is 54.7 Å². The topological polar surface area (TPSA) is 77.5 Å². The van der Waals surface area contributed by atoms with Gasteiger partial charge in [0.1, 0.15) is 11.6 Å². The van der Waals surface area contributed by atoms with E-state index in [0.717, 1.165) is 34.3 Å². The number of hydrogen-bond acceptors (Lipinski definition) is 7. The second-order valence-electron chi connectivity index (χ2n) is 5.66. The highest BCUT2D eigenvalue weighted by Gasteiger charge is 2.13. The van der Waals surface area contributed by atoms with Crippen molar-refractivity contribution in [2.24, 2.45) is 0 Å². The maximum Gasteiger partial charge on any atom is 0.231 e. The molecule has 0 atom stereocenters. The molecule has 1 aromatic heterocycles. The van der Waals surface area contributed by atoms with E-state index >= 15 is 0 Å². The molecule has 1 aliphatic rings. The molecule has 0 unspecified atom stereocenters.